The first-order chi connectivity index (χ1) is 9.91. The van der Waals surface area contributed by atoms with Gasteiger partial charge >= 0.3 is 0 Å². The molecule has 1 heterocycles. The van der Waals surface area contributed by atoms with Crippen LogP contribution >= 0.6 is 11.8 Å². The first-order valence-electron chi connectivity index (χ1n) is 7.36. The first kappa shape index (κ1) is 16.2. The molecule has 1 unspecified atom stereocenters. The van der Waals surface area contributed by atoms with Crippen LogP contribution in [0, 0.1) is 6.92 Å². The van der Waals surface area contributed by atoms with Crippen molar-refractivity contribution in [3.05, 3.63) is 53.5 Å². The van der Waals surface area contributed by atoms with Crippen LogP contribution in [-0.2, 0) is 5.41 Å². The molecule has 0 radical (unpaired) electrons. The predicted molar refractivity (Wildman–Crippen MR) is 91.1 cm³/mol. The number of hydrogen-bond donors (Lipinski definition) is 1. The highest BCUT2D eigenvalue weighted by atomic mass is 32.2. The zero-order chi connectivity index (χ0) is 15.5. The second-order valence-electron chi connectivity index (χ2n) is 6.37. The van der Waals surface area contributed by atoms with Gasteiger partial charge in [-0.25, -0.2) is 0 Å². The summed E-state index contributed by atoms with van der Waals surface area (Å²) in [4.78, 5) is 1.22. The van der Waals surface area contributed by atoms with Crippen molar-refractivity contribution in [2.24, 2.45) is 0 Å². The molecule has 2 aromatic rings. The molecular weight excluding hydrogens is 278 g/mol. The summed E-state index contributed by atoms with van der Waals surface area (Å²) < 4.78 is 5.35. The minimum atomic E-state index is 0.205. The van der Waals surface area contributed by atoms with Gasteiger partial charge in [-0.1, -0.05) is 45.0 Å². The Balaban J connectivity index is 2.05. The highest BCUT2D eigenvalue weighted by molar-refractivity contribution is 7.99. The summed E-state index contributed by atoms with van der Waals surface area (Å²) in [7, 11) is 2.02. The van der Waals surface area contributed by atoms with Crippen LogP contribution in [0.4, 0.5) is 0 Å². The lowest BCUT2D eigenvalue weighted by atomic mass is 9.86. The summed E-state index contributed by atoms with van der Waals surface area (Å²) in [5, 5.41) is 3.41. The highest BCUT2D eigenvalue weighted by Gasteiger charge is 2.15. The molecule has 0 aliphatic heterocycles. The van der Waals surface area contributed by atoms with Gasteiger partial charge in [-0.15, -0.1) is 11.8 Å². The van der Waals surface area contributed by atoms with Crippen LogP contribution in [0.2, 0.25) is 0 Å². The molecule has 3 heteroatoms. The summed E-state index contributed by atoms with van der Waals surface area (Å²) >= 11 is 1.83. The van der Waals surface area contributed by atoms with E-state index in [9.17, 15) is 0 Å². The lowest BCUT2D eigenvalue weighted by Crippen LogP contribution is -2.19. The fourth-order valence-corrected chi connectivity index (χ4v) is 3.37. The first-order valence-corrected chi connectivity index (χ1v) is 8.35. The number of hydrogen-bond acceptors (Lipinski definition) is 3. The SMILES string of the molecule is CNC(CSc1ccoc1C)c1ccc(C(C)(C)C)cc1. The van der Waals surface area contributed by atoms with E-state index in [-0.39, 0.29) is 5.41 Å². The highest BCUT2D eigenvalue weighted by Crippen LogP contribution is 2.29. The Morgan fingerprint density at radius 2 is 1.81 bits per heavy atom. The van der Waals surface area contributed by atoms with E-state index in [4.69, 9.17) is 4.42 Å². The van der Waals surface area contributed by atoms with E-state index < -0.39 is 0 Å². The van der Waals surface area contributed by atoms with Gasteiger partial charge in [-0.05, 0) is 36.6 Å². The molecule has 1 N–H and O–H groups in total. The molecule has 114 valence electrons. The van der Waals surface area contributed by atoms with E-state index in [1.807, 2.05) is 31.8 Å². The fraction of sp³-hybridized carbons (Fsp3) is 0.444. The number of nitrogens with one attached hydrogen (secondary N) is 1. The monoisotopic (exact) mass is 303 g/mol. The standard InChI is InChI=1S/C18H25NOS/c1-13-17(10-11-20-13)21-12-16(19-5)14-6-8-15(9-7-14)18(2,3)4/h6-11,16,19H,12H2,1-5H3. The van der Waals surface area contributed by atoms with Crippen molar-refractivity contribution < 1.29 is 4.42 Å². The minimum absolute atomic E-state index is 0.205. The molecule has 0 amide bonds. The molecule has 0 bridgehead atoms. The lowest BCUT2D eigenvalue weighted by Gasteiger charge is -2.21. The number of benzene rings is 1. The van der Waals surface area contributed by atoms with E-state index in [1.54, 1.807) is 6.26 Å². The van der Waals surface area contributed by atoms with Gasteiger partial charge in [0.15, 0.2) is 0 Å². The third-order valence-electron chi connectivity index (χ3n) is 3.74. The molecule has 0 aliphatic carbocycles. The molecule has 0 saturated carbocycles. The van der Waals surface area contributed by atoms with Crippen LogP contribution in [0.25, 0.3) is 0 Å². The number of rotatable bonds is 5. The topological polar surface area (TPSA) is 25.2 Å². The Labute approximate surface area is 132 Å². The largest absolute Gasteiger partial charge is 0.468 e. The zero-order valence-corrected chi connectivity index (χ0v) is 14.4. The van der Waals surface area contributed by atoms with Gasteiger partial charge in [-0.3, -0.25) is 0 Å². The molecule has 1 atom stereocenters. The zero-order valence-electron chi connectivity index (χ0n) is 13.6. The Morgan fingerprint density at radius 1 is 1.14 bits per heavy atom. The van der Waals surface area contributed by atoms with Crippen molar-refractivity contribution >= 4 is 11.8 Å². The summed E-state index contributed by atoms with van der Waals surface area (Å²) in [6, 6.07) is 11.4. The van der Waals surface area contributed by atoms with Crippen LogP contribution in [0.15, 0.2) is 45.9 Å². The van der Waals surface area contributed by atoms with Gasteiger partial charge in [0.25, 0.3) is 0 Å². The van der Waals surface area contributed by atoms with Gasteiger partial charge in [0.05, 0.1) is 6.26 Å². The van der Waals surface area contributed by atoms with Crippen LogP contribution in [0.1, 0.15) is 43.7 Å². The van der Waals surface area contributed by atoms with E-state index in [0.717, 1.165) is 11.5 Å². The summed E-state index contributed by atoms with van der Waals surface area (Å²) in [6.45, 7) is 8.74. The second kappa shape index (κ2) is 6.71. The Bertz CT molecular complexity index is 566. The molecule has 21 heavy (non-hydrogen) atoms. The average molecular weight is 303 g/mol. The third-order valence-corrected chi connectivity index (χ3v) is 4.98. The minimum Gasteiger partial charge on any atom is -0.468 e. The number of thioether (sulfide) groups is 1. The van der Waals surface area contributed by atoms with Gasteiger partial charge in [0.2, 0.25) is 0 Å². The molecule has 0 aliphatic rings. The van der Waals surface area contributed by atoms with Crippen LogP contribution in [-0.4, -0.2) is 12.8 Å². The Morgan fingerprint density at radius 3 is 2.29 bits per heavy atom. The Kier molecular flexibility index (Phi) is 5.17. The molecule has 0 saturated heterocycles. The van der Waals surface area contributed by atoms with Crippen molar-refractivity contribution in [3.63, 3.8) is 0 Å². The van der Waals surface area contributed by atoms with Gasteiger partial charge in [-0.2, -0.15) is 0 Å². The molecule has 0 spiro atoms. The molecule has 0 fully saturated rings. The van der Waals surface area contributed by atoms with E-state index in [0.29, 0.717) is 6.04 Å². The van der Waals surface area contributed by atoms with E-state index >= 15 is 0 Å². The molecule has 2 rings (SSSR count). The lowest BCUT2D eigenvalue weighted by molar-refractivity contribution is 0.526. The molecule has 1 aromatic heterocycles. The number of aryl methyl sites for hydroxylation is 1. The summed E-state index contributed by atoms with van der Waals surface area (Å²) in [6.07, 6.45) is 1.75. The van der Waals surface area contributed by atoms with Crippen molar-refractivity contribution in [1.82, 2.24) is 5.32 Å². The van der Waals surface area contributed by atoms with Crippen molar-refractivity contribution in [3.8, 4) is 0 Å². The van der Waals surface area contributed by atoms with Crippen molar-refractivity contribution in [2.75, 3.05) is 12.8 Å². The Hall–Kier alpha value is -1.19. The fourth-order valence-electron chi connectivity index (χ4n) is 2.26. The summed E-state index contributed by atoms with van der Waals surface area (Å²) in [5.74, 6) is 1.99. The normalized spacial score (nSPS) is 13.4. The smallest absolute Gasteiger partial charge is 0.114 e. The van der Waals surface area contributed by atoms with Crippen LogP contribution in [0.5, 0.6) is 0 Å². The second-order valence-corrected chi connectivity index (χ2v) is 7.43. The molecule has 2 nitrogen and oxygen atoms in total. The van der Waals surface area contributed by atoms with Gasteiger partial charge in [0.1, 0.15) is 5.76 Å². The maximum absolute atomic E-state index is 5.35. The van der Waals surface area contributed by atoms with Crippen LogP contribution < -0.4 is 5.32 Å². The van der Waals surface area contributed by atoms with Crippen molar-refractivity contribution in [2.45, 2.75) is 44.0 Å². The average Bonchev–Trinajstić information content (AvgIpc) is 2.85. The maximum Gasteiger partial charge on any atom is 0.114 e. The van der Waals surface area contributed by atoms with E-state index in [2.05, 4.69) is 50.4 Å². The van der Waals surface area contributed by atoms with Gasteiger partial charge in [0, 0.05) is 16.7 Å². The third kappa shape index (κ3) is 4.14. The quantitative estimate of drug-likeness (QED) is 0.792. The van der Waals surface area contributed by atoms with E-state index in [1.165, 1.54) is 16.0 Å². The summed E-state index contributed by atoms with van der Waals surface area (Å²) in [5.41, 5.74) is 2.91. The van der Waals surface area contributed by atoms with Crippen molar-refractivity contribution in [1.29, 1.82) is 0 Å². The molecule has 1 aromatic carbocycles. The number of furan rings is 1. The molecular formula is C18H25NOS. The van der Waals surface area contributed by atoms with Crippen LogP contribution in [0.3, 0.4) is 0 Å². The van der Waals surface area contributed by atoms with Gasteiger partial charge < -0.3 is 9.73 Å². The maximum atomic E-state index is 5.35. The predicted octanol–water partition coefficient (Wildman–Crippen LogP) is 4.94.